The van der Waals surface area contributed by atoms with Crippen LogP contribution in [0.2, 0.25) is 0 Å². The van der Waals surface area contributed by atoms with E-state index in [2.05, 4.69) is 31.2 Å². The van der Waals surface area contributed by atoms with Crippen molar-refractivity contribution in [2.75, 3.05) is 6.61 Å². The van der Waals surface area contributed by atoms with Gasteiger partial charge in [0.25, 0.3) is 5.91 Å². The number of benzene rings is 1. The largest absolute Gasteiger partial charge is 0.467 e. The highest BCUT2D eigenvalue weighted by atomic mass is 79.9. The Morgan fingerprint density at radius 3 is 2.85 bits per heavy atom. The number of aromatic nitrogens is 2. The molecule has 136 valence electrons. The van der Waals surface area contributed by atoms with Gasteiger partial charge < -0.3 is 14.5 Å². The van der Waals surface area contributed by atoms with E-state index in [0.717, 1.165) is 26.7 Å². The van der Waals surface area contributed by atoms with Crippen molar-refractivity contribution in [2.24, 2.45) is 0 Å². The highest BCUT2D eigenvalue weighted by Crippen LogP contribution is 2.30. The number of nitrogens with one attached hydrogen (secondary N) is 1. The third kappa shape index (κ3) is 4.04. The first-order valence-electron chi connectivity index (χ1n) is 8.38. The van der Waals surface area contributed by atoms with Crippen LogP contribution in [0.1, 0.15) is 29.6 Å². The Labute approximate surface area is 160 Å². The number of aryl methyl sites for hydroxylation is 3. The molecule has 0 saturated heterocycles. The topological polar surface area (TPSA) is 77.2 Å². The summed E-state index contributed by atoms with van der Waals surface area (Å²) in [6.07, 6.45) is 0.653. The molecule has 0 spiro atoms. The van der Waals surface area contributed by atoms with Gasteiger partial charge in [0, 0.05) is 23.0 Å². The monoisotopic (exact) mass is 417 g/mol. The molecule has 0 aliphatic heterocycles. The van der Waals surface area contributed by atoms with Crippen molar-refractivity contribution >= 4 is 32.9 Å². The molecule has 0 radical (unpaired) electrons. The average Bonchev–Trinajstić information content (AvgIpc) is 2.92. The Morgan fingerprint density at radius 1 is 1.31 bits per heavy atom. The van der Waals surface area contributed by atoms with E-state index in [4.69, 9.17) is 9.15 Å². The maximum Gasteiger partial charge on any atom is 0.258 e. The summed E-state index contributed by atoms with van der Waals surface area (Å²) in [5, 5.41) is 3.56. The maximum absolute atomic E-state index is 12.1. The molecule has 3 rings (SSSR count). The zero-order valence-electron chi connectivity index (χ0n) is 14.9. The number of rotatable bonds is 6. The van der Waals surface area contributed by atoms with E-state index in [1.54, 1.807) is 0 Å². The SMILES string of the molecule is CCc1nc(OCC(=O)NCc2cccc(Br)c2)c2c(C)c(C)oc2n1. The molecule has 0 atom stereocenters. The van der Waals surface area contributed by atoms with Crippen molar-refractivity contribution in [1.29, 1.82) is 0 Å². The molecule has 26 heavy (non-hydrogen) atoms. The van der Waals surface area contributed by atoms with Gasteiger partial charge in [-0.05, 0) is 31.5 Å². The van der Waals surface area contributed by atoms with E-state index in [1.165, 1.54) is 0 Å². The zero-order chi connectivity index (χ0) is 18.7. The van der Waals surface area contributed by atoms with Gasteiger partial charge in [-0.1, -0.05) is 35.0 Å². The molecule has 0 fully saturated rings. The fourth-order valence-corrected chi connectivity index (χ4v) is 3.00. The van der Waals surface area contributed by atoms with Gasteiger partial charge in [0.05, 0.1) is 0 Å². The molecule has 1 aromatic carbocycles. The number of halogens is 1. The van der Waals surface area contributed by atoms with Gasteiger partial charge >= 0.3 is 0 Å². The summed E-state index contributed by atoms with van der Waals surface area (Å²) in [6.45, 7) is 6.07. The summed E-state index contributed by atoms with van der Waals surface area (Å²) >= 11 is 3.42. The van der Waals surface area contributed by atoms with Crippen LogP contribution in [0.5, 0.6) is 5.88 Å². The second kappa shape index (κ2) is 7.86. The first-order valence-corrected chi connectivity index (χ1v) is 9.17. The van der Waals surface area contributed by atoms with E-state index in [0.29, 0.717) is 30.4 Å². The van der Waals surface area contributed by atoms with Crippen LogP contribution >= 0.6 is 15.9 Å². The van der Waals surface area contributed by atoms with Crippen LogP contribution in [0.4, 0.5) is 0 Å². The third-order valence-corrected chi connectivity index (χ3v) is 4.57. The lowest BCUT2D eigenvalue weighted by molar-refractivity contribution is -0.123. The molecule has 0 unspecified atom stereocenters. The molecule has 0 saturated carbocycles. The molecule has 3 aromatic rings. The van der Waals surface area contributed by atoms with E-state index >= 15 is 0 Å². The van der Waals surface area contributed by atoms with Gasteiger partial charge in [0.2, 0.25) is 11.6 Å². The third-order valence-electron chi connectivity index (χ3n) is 4.08. The van der Waals surface area contributed by atoms with Crippen LogP contribution in [0.15, 0.2) is 33.2 Å². The summed E-state index contributed by atoms with van der Waals surface area (Å²) in [5.41, 5.74) is 2.43. The van der Waals surface area contributed by atoms with Crippen LogP contribution in [0.25, 0.3) is 11.1 Å². The smallest absolute Gasteiger partial charge is 0.258 e. The van der Waals surface area contributed by atoms with Crippen LogP contribution in [0.3, 0.4) is 0 Å². The molecule has 1 N–H and O–H groups in total. The minimum atomic E-state index is -0.215. The van der Waals surface area contributed by atoms with Crippen molar-refractivity contribution < 1.29 is 13.9 Å². The summed E-state index contributed by atoms with van der Waals surface area (Å²) in [4.78, 5) is 20.9. The maximum atomic E-state index is 12.1. The number of carbonyl (C=O) groups is 1. The lowest BCUT2D eigenvalue weighted by atomic mass is 10.2. The second-order valence-electron chi connectivity index (χ2n) is 5.96. The van der Waals surface area contributed by atoms with Gasteiger partial charge in [-0.15, -0.1) is 0 Å². The number of hydrogen-bond donors (Lipinski definition) is 1. The minimum absolute atomic E-state index is 0.118. The predicted molar refractivity (Wildman–Crippen MR) is 102 cm³/mol. The van der Waals surface area contributed by atoms with Gasteiger partial charge in [-0.2, -0.15) is 9.97 Å². The van der Waals surface area contributed by atoms with Gasteiger partial charge in [0.15, 0.2) is 6.61 Å². The molecule has 7 heteroatoms. The lowest BCUT2D eigenvalue weighted by Crippen LogP contribution is -2.28. The van der Waals surface area contributed by atoms with Crippen molar-refractivity contribution in [2.45, 2.75) is 33.7 Å². The Morgan fingerprint density at radius 2 is 2.12 bits per heavy atom. The Balaban J connectivity index is 1.69. The standard InChI is InChI=1S/C19H20BrN3O3/c1-4-15-22-18(17-11(2)12(3)26-19(17)23-15)25-10-16(24)21-9-13-6-5-7-14(20)8-13/h5-8H,4,9-10H2,1-3H3,(H,21,24). The van der Waals surface area contributed by atoms with E-state index in [9.17, 15) is 4.79 Å². The number of furan rings is 1. The molecule has 0 aliphatic rings. The van der Waals surface area contributed by atoms with Crippen LogP contribution in [-0.2, 0) is 17.8 Å². The minimum Gasteiger partial charge on any atom is -0.467 e. The first-order chi connectivity index (χ1) is 12.5. The highest BCUT2D eigenvalue weighted by molar-refractivity contribution is 9.10. The highest BCUT2D eigenvalue weighted by Gasteiger charge is 2.17. The van der Waals surface area contributed by atoms with Crippen LogP contribution in [-0.4, -0.2) is 22.5 Å². The Kier molecular flexibility index (Phi) is 5.56. The molecule has 2 heterocycles. The van der Waals surface area contributed by atoms with Crippen molar-refractivity contribution in [3.63, 3.8) is 0 Å². The van der Waals surface area contributed by atoms with Crippen LogP contribution in [0, 0.1) is 13.8 Å². The molecule has 2 aromatic heterocycles. The van der Waals surface area contributed by atoms with Crippen molar-refractivity contribution in [1.82, 2.24) is 15.3 Å². The van der Waals surface area contributed by atoms with Crippen LogP contribution < -0.4 is 10.1 Å². The number of carbonyl (C=O) groups excluding carboxylic acids is 1. The van der Waals surface area contributed by atoms with Crippen molar-refractivity contribution in [3.05, 3.63) is 51.4 Å². The number of fused-ring (bicyclic) bond motifs is 1. The fourth-order valence-electron chi connectivity index (χ4n) is 2.55. The second-order valence-corrected chi connectivity index (χ2v) is 6.87. The molecule has 6 nitrogen and oxygen atoms in total. The van der Waals surface area contributed by atoms with E-state index in [1.807, 2.05) is 45.0 Å². The predicted octanol–water partition coefficient (Wildman–Crippen LogP) is 3.86. The molecule has 0 aliphatic carbocycles. The normalized spacial score (nSPS) is 10.9. The average molecular weight is 418 g/mol. The summed E-state index contributed by atoms with van der Waals surface area (Å²) in [7, 11) is 0. The molecular weight excluding hydrogens is 398 g/mol. The quantitative estimate of drug-likeness (QED) is 0.658. The van der Waals surface area contributed by atoms with Crippen molar-refractivity contribution in [3.8, 4) is 5.88 Å². The molecule has 1 amide bonds. The number of amides is 1. The molecule has 0 bridgehead atoms. The number of nitrogens with zero attached hydrogens (tertiary/aromatic N) is 2. The first kappa shape index (κ1) is 18.4. The summed E-state index contributed by atoms with van der Waals surface area (Å²) < 4.78 is 12.3. The fraction of sp³-hybridized carbons (Fsp3) is 0.316. The number of hydrogen-bond acceptors (Lipinski definition) is 5. The lowest BCUT2D eigenvalue weighted by Gasteiger charge is -2.09. The number of ether oxygens (including phenoxy) is 1. The Bertz CT molecular complexity index is 953. The van der Waals surface area contributed by atoms with Gasteiger partial charge in [-0.3, -0.25) is 4.79 Å². The summed E-state index contributed by atoms with van der Waals surface area (Å²) in [6, 6.07) is 7.77. The summed E-state index contributed by atoms with van der Waals surface area (Å²) in [5.74, 6) is 1.56. The van der Waals surface area contributed by atoms with E-state index < -0.39 is 0 Å². The van der Waals surface area contributed by atoms with Gasteiger partial charge in [-0.25, -0.2) is 0 Å². The Hall–Kier alpha value is -2.41. The van der Waals surface area contributed by atoms with E-state index in [-0.39, 0.29) is 12.5 Å². The van der Waals surface area contributed by atoms with Gasteiger partial charge in [0.1, 0.15) is 17.0 Å². The zero-order valence-corrected chi connectivity index (χ0v) is 16.5. The molecular formula is C19H20BrN3O3.